The first-order valence-corrected chi connectivity index (χ1v) is 9.71. The second-order valence-electron chi connectivity index (χ2n) is 6.27. The van der Waals surface area contributed by atoms with Crippen LogP contribution in [0.15, 0.2) is 0 Å². The van der Waals surface area contributed by atoms with Gasteiger partial charge < -0.3 is 10.2 Å². The van der Waals surface area contributed by atoms with Crippen molar-refractivity contribution in [2.45, 2.75) is 32.1 Å². The predicted molar refractivity (Wildman–Crippen MR) is 79.1 cm³/mol. The summed E-state index contributed by atoms with van der Waals surface area (Å²) in [6.07, 6.45) is 8.39. The third kappa shape index (κ3) is 5.40. The van der Waals surface area contributed by atoms with Crippen molar-refractivity contribution in [1.29, 1.82) is 0 Å². The molecule has 0 aromatic rings. The summed E-state index contributed by atoms with van der Waals surface area (Å²) < 4.78 is 22.0. The molecule has 1 N–H and O–H groups in total. The van der Waals surface area contributed by atoms with Crippen molar-refractivity contribution < 1.29 is 8.42 Å². The highest BCUT2D eigenvalue weighted by Gasteiger charge is 2.30. The molecule has 2 atom stereocenters. The topological polar surface area (TPSA) is 49.4 Å². The van der Waals surface area contributed by atoms with Crippen molar-refractivity contribution in [3.8, 4) is 0 Å². The molecule has 4 nitrogen and oxygen atoms in total. The second kappa shape index (κ2) is 7.04. The SMILES string of the molecule is CS(=O)(=O)CCNCCN1CCC2CCCCC2C1. The average molecular weight is 288 g/mol. The van der Waals surface area contributed by atoms with Gasteiger partial charge in [-0.25, -0.2) is 8.42 Å². The fraction of sp³-hybridized carbons (Fsp3) is 1.00. The smallest absolute Gasteiger partial charge is 0.148 e. The van der Waals surface area contributed by atoms with Crippen molar-refractivity contribution in [3.63, 3.8) is 0 Å². The molecule has 0 spiro atoms. The van der Waals surface area contributed by atoms with E-state index >= 15 is 0 Å². The van der Waals surface area contributed by atoms with Gasteiger partial charge in [-0.05, 0) is 31.2 Å². The zero-order valence-electron chi connectivity index (χ0n) is 12.1. The summed E-state index contributed by atoms with van der Waals surface area (Å²) in [7, 11) is -2.82. The summed E-state index contributed by atoms with van der Waals surface area (Å²) in [5.41, 5.74) is 0. The van der Waals surface area contributed by atoms with E-state index in [0.717, 1.165) is 24.9 Å². The summed E-state index contributed by atoms with van der Waals surface area (Å²) in [4.78, 5) is 2.56. The molecule has 0 amide bonds. The van der Waals surface area contributed by atoms with Crippen molar-refractivity contribution in [1.82, 2.24) is 10.2 Å². The highest BCUT2D eigenvalue weighted by molar-refractivity contribution is 7.90. The van der Waals surface area contributed by atoms with Gasteiger partial charge in [0.25, 0.3) is 0 Å². The standard InChI is InChI=1S/C14H28N2O2S/c1-19(17,18)11-8-15-7-10-16-9-6-13-4-2-3-5-14(13)12-16/h13-15H,2-12H2,1H3. The van der Waals surface area contributed by atoms with E-state index in [9.17, 15) is 8.42 Å². The number of rotatable bonds is 6. The van der Waals surface area contributed by atoms with Crippen LogP contribution in [0, 0.1) is 11.8 Å². The van der Waals surface area contributed by atoms with Crippen LogP contribution in [0.3, 0.4) is 0 Å². The monoisotopic (exact) mass is 288 g/mol. The lowest BCUT2D eigenvalue weighted by Crippen LogP contribution is -2.44. The fourth-order valence-electron chi connectivity index (χ4n) is 3.50. The van der Waals surface area contributed by atoms with Crippen molar-refractivity contribution in [2.75, 3.05) is 44.7 Å². The normalized spacial score (nSPS) is 29.1. The molecule has 112 valence electrons. The Kier molecular flexibility index (Phi) is 5.66. The lowest BCUT2D eigenvalue weighted by molar-refractivity contribution is 0.0877. The van der Waals surface area contributed by atoms with Gasteiger partial charge in [-0.3, -0.25) is 0 Å². The molecule has 1 saturated carbocycles. The summed E-state index contributed by atoms with van der Waals surface area (Å²) in [6, 6.07) is 0. The minimum atomic E-state index is -2.82. The molecule has 2 fully saturated rings. The van der Waals surface area contributed by atoms with E-state index in [1.807, 2.05) is 0 Å². The first-order chi connectivity index (χ1) is 9.04. The molecule has 0 aromatic heterocycles. The van der Waals surface area contributed by atoms with E-state index in [0.29, 0.717) is 6.54 Å². The van der Waals surface area contributed by atoms with E-state index in [1.165, 1.54) is 51.4 Å². The van der Waals surface area contributed by atoms with Gasteiger partial charge in [0.2, 0.25) is 0 Å². The molecule has 19 heavy (non-hydrogen) atoms. The van der Waals surface area contributed by atoms with Crippen LogP contribution in [0.1, 0.15) is 32.1 Å². The maximum Gasteiger partial charge on any atom is 0.148 e. The maximum absolute atomic E-state index is 11.0. The zero-order chi connectivity index (χ0) is 13.7. The minimum absolute atomic E-state index is 0.248. The van der Waals surface area contributed by atoms with Crippen molar-refractivity contribution in [2.24, 2.45) is 11.8 Å². The molecular formula is C14H28N2O2S. The Bertz CT molecular complexity index is 370. The van der Waals surface area contributed by atoms with Crippen molar-refractivity contribution in [3.05, 3.63) is 0 Å². The predicted octanol–water partition coefficient (Wildman–Crippen LogP) is 1.13. The first-order valence-electron chi connectivity index (χ1n) is 7.65. The highest BCUT2D eigenvalue weighted by atomic mass is 32.2. The van der Waals surface area contributed by atoms with Gasteiger partial charge in [-0.2, -0.15) is 0 Å². The summed E-state index contributed by atoms with van der Waals surface area (Å²) in [5, 5.41) is 3.24. The molecule has 0 radical (unpaired) electrons. The largest absolute Gasteiger partial charge is 0.314 e. The van der Waals surface area contributed by atoms with Gasteiger partial charge in [-0.1, -0.05) is 19.3 Å². The molecule has 0 bridgehead atoms. The van der Waals surface area contributed by atoms with Crippen LogP contribution in [-0.4, -0.2) is 58.1 Å². The average Bonchev–Trinajstić information content (AvgIpc) is 2.37. The van der Waals surface area contributed by atoms with Crippen LogP contribution < -0.4 is 5.32 Å². The van der Waals surface area contributed by atoms with Crippen LogP contribution in [0.4, 0.5) is 0 Å². The second-order valence-corrected chi connectivity index (χ2v) is 8.53. The Morgan fingerprint density at radius 3 is 2.58 bits per heavy atom. The number of nitrogens with one attached hydrogen (secondary N) is 1. The third-order valence-corrected chi connectivity index (χ3v) is 5.58. The Balaban J connectivity index is 1.59. The van der Waals surface area contributed by atoms with E-state index < -0.39 is 9.84 Å². The van der Waals surface area contributed by atoms with Crippen LogP contribution in [0.25, 0.3) is 0 Å². The highest BCUT2D eigenvalue weighted by Crippen LogP contribution is 2.35. The number of sulfone groups is 1. The fourth-order valence-corrected chi connectivity index (χ4v) is 4.01. The molecule has 0 aromatic carbocycles. The lowest BCUT2D eigenvalue weighted by Gasteiger charge is -2.41. The molecule has 2 aliphatic rings. The number of hydrogen-bond donors (Lipinski definition) is 1. The van der Waals surface area contributed by atoms with Gasteiger partial charge in [0, 0.05) is 32.4 Å². The van der Waals surface area contributed by atoms with Crippen LogP contribution >= 0.6 is 0 Å². The Morgan fingerprint density at radius 2 is 1.84 bits per heavy atom. The molecule has 2 unspecified atom stereocenters. The van der Waals surface area contributed by atoms with Gasteiger partial charge in [0.05, 0.1) is 5.75 Å². The quantitative estimate of drug-likeness (QED) is 0.745. The molecule has 1 heterocycles. The first kappa shape index (κ1) is 15.3. The van der Waals surface area contributed by atoms with Gasteiger partial charge in [0.1, 0.15) is 9.84 Å². The van der Waals surface area contributed by atoms with E-state index in [2.05, 4.69) is 10.2 Å². The molecule has 1 saturated heterocycles. The van der Waals surface area contributed by atoms with E-state index in [4.69, 9.17) is 0 Å². The van der Waals surface area contributed by atoms with Gasteiger partial charge >= 0.3 is 0 Å². The Labute approximate surface area is 117 Å². The molecule has 2 rings (SSSR count). The molecule has 1 aliphatic carbocycles. The number of likely N-dealkylation sites (tertiary alicyclic amines) is 1. The zero-order valence-corrected chi connectivity index (χ0v) is 12.9. The summed E-state index contributed by atoms with van der Waals surface area (Å²) >= 11 is 0. The molecule has 5 heteroatoms. The van der Waals surface area contributed by atoms with Gasteiger partial charge in [-0.15, -0.1) is 0 Å². The number of nitrogens with zero attached hydrogens (tertiary/aromatic N) is 1. The Hall–Kier alpha value is -0.130. The third-order valence-electron chi connectivity index (χ3n) is 4.63. The van der Waals surface area contributed by atoms with Crippen LogP contribution in [0.5, 0.6) is 0 Å². The number of fused-ring (bicyclic) bond motifs is 1. The van der Waals surface area contributed by atoms with Crippen LogP contribution in [0.2, 0.25) is 0 Å². The maximum atomic E-state index is 11.0. The van der Waals surface area contributed by atoms with Gasteiger partial charge in [0.15, 0.2) is 0 Å². The van der Waals surface area contributed by atoms with E-state index in [1.54, 1.807) is 0 Å². The molecule has 1 aliphatic heterocycles. The van der Waals surface area contributed by atoms with E-state index in [-0.39, 0.29) is 5.75 Å². The number of hydrogen-bond acceptors (Lipinski definition) is 4. The Morgan fingerprint density at radius 1 is 1.11 bits per heavy atom. The lowest BCUT2D eigenvalue weighted by atomic mass is 9.75. The molecular weight excluding hydrogens is 260 g/mol. The number of piperidine rings is 1. The summed E-state index contributed by atoms with van der Waals surface area (Å²) in [5.74, 6) is 2.17. The summed E-state index contributed by atoms with van der Waals surface area (Å²) in [6.45, 7) is 5.05. The van der Waals surface area contributed by atoms with Crippen molar-refractivity contribution >= 4 is 9.84 Å². The minimum Gasteiger partial charge on any atom is -0.314 e. The van der Waals surface area contributed by atoms with Crippen LogP contribution in [-0.2, 0) is 9.84 Å².